The molecule has 1 saturated carbocycles. The number of hydrogen-bond acceptors (Lipinski definition) is 8. The number of carbonyl (C=O) groups excluding carboxylic acids is 4. The number of rotatable bonds is 7. The fourth-order valence-electron chi connectivity index (χ4n) is 3.73. The van der Waals surface area contributed by atoms with Gasteiger partial charge in [0.25, 0.3) is 0 Å². The Morgan fingerprint density at radius 2 is 1.96 bits per heavy atom. The van der Waals surface area contributed by atoms with Gasteiger partial charge in [-0.25, -0.2) is 4.98 Å². The molecule has 8 nitrogen and oxygen atoms in total. The number of amides is 2. The number of imide groups is 1. The van der Waals surface area contributed by atoms with Crippen molar-refractivity contribution < 1.29 is 23.9 Å². The molecule has 0 N–H and O–H groups in total. The van der Waals surface area contributed by atoms with Gasteiger partial charge in [0.05, 0.1) is 24.3 Å². The first-order chi connectivity index (χ1) is 13.4. The molecule has 0 bridgehead atoms. The molecule has 3 atom stereocenters. The number of nitrogens with zero attached hydrogens (tertiary/aromatic N) is 3. The standard InChI is InChI=1S/C19H21N3O5S/c1-11-10-28-17(21-11)14(8-20)15(23)9-27-16(24)6-7-22-18(25)12-4-2-3-5-13(12)19(22)26/h10,12-14H,2-7,9H2,1H3/t12-,13+,14-/m1/s1. The molecule has 3 rings (SSSR count). The first-order valence-electron chi connectivity index (χ1n) is 9.27. The number of carbonyl (C=O) groups is 4. The van der Waals surface area contributed by atoms with Gasteiger partial charge in [-0.3, -0.25) is 24.1 Å². The molecule has 0 unspecified atom stereocenters. The zero-order valence-electron chi connectivity index (χ0n) is 15.6. The van der Waals surface area contributed by atoms with E-state index in [0.29, 0.717) is 10.7 Å². The lowest BCUT2D eigenvalue weighted by Gasteiger charge is -2.19. The number of likely N-dealkylation sites (tertiary alicyclic amines) is 1. The van der Waals surface area contributed by atoms with E-state index in [1.54, 1.807) is 12.3 Å². The third-order valence-electron chi connectivity index (χ3n) is 5.18. The zero-order chi connectivity index (χ0) is 20.3. The summed E-state index contributed by atoms with van der Waals surface area (Å²) in [7, 11) is 0. The SMILES string of the molecule is Cc1csc([C@H](C#N)C(=O)COC(=O)CCN2C(=O)[C@H]3CCCC[C@H]3C2=O)n1. The first-order valence-corrected chi connectivity index (χ1v) is 10.2. The van der Waals surface area contributed by atoms with Crippen molar-refractivity contribution in [2.75, 3.05) is 13.2 Å². The highest BCUT2D eigenvalue weighted by Crippen LogP contribution is 2.37. The Morgan fingerprint density at radius 3 is 2.50 bits per heavy atom. The summed E-state index contributed by atoms with van der Waals surface area (Å²) in [5.74, 6) is -3.23. The number of Topliss-reactive ketones (excluding diaryl/α,β-unsaturated/α-hetero) is 1. The number of hydrogen-bond donors (Lipinski definition) is 0. The molecule has 1 saturated heterocycles. The molecule has 148 valence electrons. The van der Waals surface area contributed by atoms with E-state index in [9.17, 15) is 24.4 Å². The highest BCUT2D eigenvalue weighted by Gasteiger charge is 2.47. The number of aryl methyl sites for hydroxylation is 1. The summed E-state index contributed by atoms with van der Waals surface area (Å²) in [4.78, 5) is 54.2. The largest absolute Gasteiger partial charge is 0.458 e. The third kappa shape index (κ3) is 4.12. The number of ether oxygens (including phenoxy) is 1. The number of aromatic nitrogens is 1. The number of esters is 1. The van der Waals surface area contributed by atoms with E-state index < -0.39 is 24.3 Å². The Hall–Kier alpha value is -2.60. The number of thiazole rings is 1. The van der Waals surface area contributed by atoms with Crippen LogP contribution in [-0.2, 0) is 23.9 Å². The maximum atomic E-state index is 12.4. The summed E-state index contributed by atoms with van der Waals surface area (Å²) in [5, 5.41) is 11.3. The Kier molecular flexibility index (Phi) is 6.19. The van der Waals surface area contributed by atoms with Gasteiger partial charge in [-0.1, -0.05) is 12.8 Å². The van der Waals surface area contributed by atoms with E-state index in [0.717, 1.165) is 30.6 Å². The van der Waals surface area contributed by atoms with Crippen molar-refractivity contribution in [2.24, 2.45) is 11.8 Å². The second-order valence-corrected chi connectivity index (χ2v) is 7.98. The van der Waals surface area contributed by atoms with Crippen molar-refractivity contribution >= 4 is 34.9 Å². The summed E-state index contributed by atoms with van der Waals surface area (Å²) in [6.07, 6.45) is 3.15. The summed E-state index contributed by atoms with van der Waals surface area (Å²) >= 11 is 1.21. The van der Waals surface area contributed by atoms with Crippen LogP contribution in [0.25, 0.3) is 0 Å². The number of nitriles is 1. The average Bonchev–Trinajstić information content (AvgIpc) is 3.21. The molecule has 1 aliphatic heterocycles. The minimum Gasteiger partial charge on any atom is -0.458 e. The van der Waals surface area contributed by atoms with Crippen LogP contribution in [0.3, 0.4) is 0 Å². The second kappa shape index (κ2) is 8.61. The highest BCUT2D eigenvalue weighted by atomic mass is 32.1. The second-order valence-electron chi connectivity index (χ2n) is 7.09. The van der Waals surface area contributed by atoms with Gasteiger partial charge in [0.2, 0.25) is 11.8 Å². The molecule has 2 fully saturated rings. The minimum absolute atomic E-state index is 0.0367. The molecular weight excluding hydrogens is 382 g/mol. The quantitative estimate of drug-likeness (QED) is 0.502. The molecule has 0 radical (unpaired) electrons. The van der Waals surface area contributed by atoms with Crippen LogP contribution in [0.4, 0.5) is 0 Å². The smallest absolute Gasteiger partial charge is 0.308 e. The average molecular weight is 403 g/mol. The maximum Gasteiger partial charge on any atom is 0.308 e. The van der Waals surface area contributed by atoms with Crippen molar-refractivity contribution in [2.45, 2.75) is 44.9 Å². The van der Waals surface area contributed by atoms with E-state index in [4.69, 9.17) is 4.74 Å². The first kappa shape index (κ1) is 20.1. The monoisotopic (exact) mass is 403 g/mol. The van der Waals surface area contributed by atoms with E-state index >= 15 is 0 Å². The number of fused-ring (bicyclic) bond motifs is 1. The van der Waals surface area contributed by atoms with Gasteiger partial charge in [-0.2, -0.15) is 5.26 Å². The molecule has 2 heterocycles. The normalized spacial score (nSPS) is 22.5. The Balaban J connectivity index is 1.48. The molecule has 28 heavy (non-hydrogen) atoms. The molecule has 1 aromatic heterocycles. The maximum absolute atomic E-state index is 12.4. The molecule has 9 heteroatoms. The van der Waals surface area contributed by atoms with Gasteiger partial charge in [0, 0.05) is 17.6 Å². The van der Waals surface area contributed by atoms with Gasteiger partial charge >= 0.3 is 5.97 Å². The van der Waals surface area contributed by atoms with Gasteiger partial charge < -0.3 is 4.74 Å². The Labute approximate surface area is 166 Å². The van der Waals surface area contributed by atoms with Crippen molar-refractivity contribution in [3.63, 3.8) is 0 Å². The highest BCUT2D eigenvalue weighted by molar-refractivity contribution is 7.09. The lowest BCUT2D eigenvalue weighted by Crippen LogP contribution is -2.33. The van der Waals surface area contributed by atoms with Crippen molar-refractivity contribution in [3.8, 4) is 6.07 Å². The van der Waals surface area contributed by atoms with Crippen LogP contribution in [0, 0.1) is 30.1 Å². The molecule has 2 amide bonds. The van der Waals surface area contributed by atoms with E-state index in [-0.39, 0.29) is 36.6 Å². The summed E-state index contributed by atoms with van der Waals surface area (Å²) in [5.41, 5.74) is 0.713. The minimum atomic E-state index is -1.07. The van der Waals surface area contributed by atoms with Gasteiger partial charge in [0.15, 0.2) is 18.3 Å². The summed E-state index contributed by atoms with van der Waals surface area (Å²) in [6, 6.07) is 1.88. The third-order valence-corrected chi connectivity index (χ3v) is 6.21. The van der Waals surface area contributed by atoms with Crippen LogP contribution in [0.2, 0.25) is 0 Å². The fourth-order valence-corrected chi connectivity index (χ4v) is 4.59. The van der Waals surface area contributed by atoms with E-state index in [1.165, 1.54) is 11.3 Å². The lowest BCUT2D eigenvalue weighted by atomic mass is 9.81. The molecule has 1 aliphatic carbocycles. The topological polar surface area (TPSA) is 117 Å². The lowest BCUT2D eigenvalue weighted by molar-refractivity contribution is -0.149. The van der Waals surface area contributed by atoms with Crippen molar-refractivity contribution in [3.05, 3.63) is 16.1 Å². The number of ketones is 1. The van der Waals surface area contributed by atoms with Crippen LogP contribution in [0.5, 0.6) is 0 Å². The van der Waals surface area contributed by atoms with Crippen LogP contribution in [-0.4, -0.2) is 46.6 Å². The van der Waals surface area contributed by atoms with Crippen molar-refractivity contribution in [1.29, 1.82) is 5.26 Å². The van der Waals surface area contributed by atoms with E-state index in [2.05, 4.69) is 4.98 Å². The van der Waals surface area contributed by atoms with Crippen LogP contribution >= 0.6 is 11.3 Å². The Bertz CT molecular complexity index is 819. The molecule has 1 aromatic rings. The summed E-state index contributed by atoms with van der Waals surface area (Å²) < 4.78 is 4.95. The molecule has 0 aromatic carbocycles. The molecular formula is C19H21N3O5S. The fraction of sp³-hybridized carbons (Fsp3) is 0.579. The predicted molar refractivity (Wildman–Crippen MR) is 98.0 cm³/mol. The Morgan fingerprint density at radius 1 is 1.32 bits per heavy atom. The van der Waals surface area contributed by atoms with Gasteiger partial charge in [-0.05, 0) is 19.8 Å². The van der Waals surface area contributed by atoms with Crippen LogP contribution in [0.15, 0.2) is 5.38 Å². The van der Waals surface area contributed by atoms with Gasteiger partial charge in [0.1, 0.15) is 5.01 Å². The van der Waals surface area contributed by atoms with Gasteiger partial charge in [-0.15, -0.1) is 11.3 Å². The van der Waals surface area contributed by atoms with E-state index in [1.807, 2.05) is 6.07 Å². The van der Waals surface area contributed by atoms with Crippen molar-refractivity contribution in [1.82, 2.24) is 9.88 Å². The van der Waals surface area contributed by atoms with Crippen LogP contribution < -0.4 is 0 Å². The van der Waals surface area contributed by atoms with Crippen LogP contribution in [0.1, 0.15) is 48.7 Å². The predicted octanol–water partition coefficient (Wildman–Crippen LogP) is 1.74. The summed E-state index contributed by atoms with van der Waals surface area (Å²) in [6.45, 7) is 1.18. The zero-order valence-corrected chi connectivity index (χ0v) is 16.4. The molecule has 0 spiro atoms. The molecule has 2 aliphatic rings.